The predicted molar refractivity (Wildman–Crippen MR) is 91.5 cm³/mol. The second kappa shape index (κ2) is 7.58. The second-order valence-electron chi connectivity index (χ2n) is 5.42. The molecule has 0 aliphatic heterocycles. The summed E-state index contributed by atoms with van der Waals surface area (Å²) in [7, 11) is 0. The molecule has 122 valence electrons. The average molecular weight is 366 g/mol. The topological polar surface area (TPSA) is 35.5 Å². The average Bonchev–Trinajstić information content (AvgIpc) is 2.37. The van der Waals surface area contributed by atoms with Gasteiger partial charge in [-0.05, 0) is 38.8 Å². The van der Waals surface area contributed by atoms with Crippen LogP contribution in [-0.2, 0) is 9.47 Å². The highest BCUT2D eigenvalue weighted by atomic mass is 35.6. The summed E-state index contributed by atoms with van der Waals surface area (Å²) in [6.45, 7) is 6.61. The van der Waals surface area contributed by atoms with Crippen molar-refractivity contribution < 1.29 is 14.3 Å². The lowest BCUT2D eigenvalue weighted by Gasteiger charge is -2.31. The molecule has 0 saturated carbocycles. The molecule has 22 heavy (non-hydrogen) atoms. The van der Waals surface area contributed by atoms with Crippen LogP contribution in [0.3, 0.4) is 0 Å². The molecule has 1 atom stereocenters. The van der Waals surface area contributed by atoms with Gasteiger partial charge in [-0.2, -0.15) is 0 Å². The maximum Gasteiger partial charge on any atom is 0.509 e. The molecule has 0 fully saturated rings. The Morgan fingerprint density at radius 3 is 2.23 bits per heavy atom. The maximum absolute atomic E-state index is 11.8. The van der Waals surface area contributed by atoms with Crippen LogP contribution in [0.1, 0.15) is 33.3 Å². The lowest BCUT2D eigenvalue weighted by atomic mass is 10.1. The maximum atomic E-state index is 11.8. The Hall–Kier alpha value is -0.900. The molecule has 1 rings (SSSR count). The van der Waals surface area contributed by atoms with Gasteiger partial charge in [0.05, 0.1) is 0 Å². The quantitative estimate of drug-likeness (QED) is 0.501. The van der Waals surface area contributed by atoms with E-state index in [4.69, 9.17) is 44.3 Å². The first-order valence-electron chi connectivity index (χ1n) is 6.72. The third-order valence-electron chi connectivity index (χ3n) is 3.13. The summed E-state index contributed by atoms with van der Waals surface area (Å²) in [5.74, 6) is 0. The number of halogens is 3. The van der Waals surface area contributed by atoms with Crippen LogP contribution in [0.25, 0.3) is 6.08 Å². The third-order valence-corrected chi connectivity index (χ3v) is 4.49. The highest BCUT2D eigenvalue weighted by Crippen LogP contribution is 2.40. The van der Waals surface area contributed by atoms with Crippen LogP contribution in [0.2, 0.25) is 0 Å². The van der Waals surface area contributed by atoms with Gasteiger partial charge < -0.3 is 9.47 Å². The first kappa shape index (κ1) is 19.1. The summed E-state index contributed by atoms with van der Waals surface area (Å²) in [4.78, 5) is 11.8. The third kappa shape index (κ3) is 5.71. The van der Waals surface area contributed by atoms with Gasteiger partial charge in [-0.15, -0.1) is 0 Å². The Morgan fingerprint density at radius 2 is 1.73 bits per heavy atom. The van der Waals surface area contributed by atoms with Gasteiger partial charge in [0.1, 0.15) is 6.10 Å². The van der Waals surface area contributed by atoms with Crippen LogP contribution < -0.4 is 0 Å². The fraction of sp³-hybridized carbons (Fsp3) is 0.438. The monoisotopic (exact) mass is 364 g/mol. The van der Waals surface area contributed by atoms with Crippen molar-refractivity contribution in [3.8, 4) is 0 Å². The lowest BCUT2D eigenvalue weighted by Crippen LogP contribution is -2.41. The molecule has 6 heteroatoms. The van der Waals surface area contributed by atoms with E-state index in [1.165, 1.54) is 13.8 Å². The molecule has 0 radical (unpaired) electrons. The van der Waals surface area contributed by atoms with Gasteiger partial charge in [0.25, 0.3) is 0 Å². The fourth-order valence-electron chi connectivity index (χ4n) is 1.46. The van der Waals surface area contributed by atoms with E-state index in [2.05, 4.69) is 0 Å². The molecule has 1 aromatic rings. The fourth-order valence-corrected chi connectivity index (χ4v) is 1.57. The van der Waals surface area contributed by atoms with E-state index in [0.29, 0.717) is 0 Å². The Balaban J connectivity index is 2.67. The van der Waals surface area contributed by atoms with Crippen molar-refractivity contribution in [2.45, 2.75) is 43.2 Å². The van der Waals surface area contributed by atoms with Gasteiger partial charge in [-0.3, -0.25) is 0 Å². The Kier molecular flexibility index (Phi) is 6.60. The number of hydrogen-bond donors (Lipinski definition) is 0. The summed E-state index contributed by atoms with van der Waals surface area (Å²) in [6.07, 6.45) is 0.585. The molecule has 0 heterocycles. The second-order valence-corrected chi connectivity index (χ2v) is 7.70. The minimum atomic E-state index is -1.75. The summed E-state index contributed by atoms with van der Waals surface area (Å²) < 4.78 is 8.55. The standard InChI is InChI=1S/C16H19Cl3O3/c1-11(10-13-8-6-5-7-9-13)12(2)21-14(20)22-15(3,4)16(17,18)19/h5-10,12H,1-4H3/b11-10+. The molecule has 3 nitrogen and oxygen atoms in total. The van der Waals surface area contributed by atoms with Crippen LogP contribution >= 0.6 is 34.8 Å². The predicted octanol–water partition coefficient (Wildman–Crippen LogP) is 5.78. The first-order chi connectivity index (χ1) is 10.0. The van der Waals surface area contributed by atoms with E-state index >= 15 is 0 Å². The van der Waals surface area contributed by atoms with E-state index in [1.807, 2.05) is 43.3 Å². The van der Waals surface area contributed by atoms with Crippen LogP contribution in [0.5, 0.6) is 0 Å². The Morgan fingerprint density at radius 1 is 1.18 bits per heavy atom. The highest BCUT2D eigenvalue weighted by Gasteiger charge is 2.44. The molecule has 0 aliphatic rings. The molecule has 0 spiro atoms. The number of carbonyl (C=O) groups is 1. The molecule has 0 amide bonds. The number of benzene rings is 1. The molecule has 0 aromatic heterocycles. The van der Waals surface area contributed by atoms with E-state index in [1.54, 1.807) is 6.92 Å². The summed E-state index contributed by atoms with van der Waals surface area (Å²) in [5.41, 5.74) is 0.589. The van der Waals surface area contributed by atoms with Gasteiger partial charge >= 0.3 is 6.16 Å². The van der Waals surface area contributed by atoms with Crippen molar-refractivity contribution in [2.24, 2.45) is 0 Å². The van der Waals surface area contributed by atoms with Gasteiger partial charge in [0, 0.05) is 0 Å². The van der Waals surface area contributed by atoms with Crippen LogP contribution in [-0.4, -0.2) is 21.7 Å². The van der Waals surface area contributed by atoms with Crippen LogP contribution in [0.15, 0.2) is 35.9 Å². The van der Waals surface area contributed by atoms with Crippen molar-refractivity contribution in [1.82, 2.24) is 0 Å². The summed E-state index contributed by atoms with van der Waals surface area (Å²) >= 11 is 17.3. The first-order valence-corrected chi connectivity index (χ1v) is 7.86. The molecular weight excluding hydrogens is 347 g/mol. The van der Waals surface area contributed by atoms with E-state index in [0.717, 1.165) is 11.1 Å². The van der Waals surface area contributed by atoms with E-state index in [9.17, 15) is 4.79 Å². The van der Waals surface area contributed by atoms with Crippen molar-refractivity contribution in [1.29, 1.82) is 0 Å². The van der Waals surface area contributed by atoms with Gasteiger partial charge in [-0.25, -0.2) is 4.79 Å². The minimum Gasteiger partial charge on any atom is -0.427 e. The zero-order valence-electron chi connectivity index (χ0n) is 12.9. The van der Waals surface area contributed by atoms with Crippen molar-refractivity contribution >= 4 is 47.0 Å². The van der Waals surface area contributed by atoms with Gasteiger partial charge in [0.15, 0.2) is 5.60 Å². The largest absolute Gasteiger partial charge is 0.509 e. The Labute approximate surface area is 146 Å². The van der Waals surface area contributed by atoms with E-state index in [-0.39, 0.29) is 0 Å². The molecule has 0 bridgehead atoms. The number of alkyl halides is 3. The zero-order chi connectivity index (χ0) is 17.0. The normalized spacial score (nSPS) is 14.4. The molecule has 0 N–H and O–H groups in total. The minimum absolute atomic E-state index is 0.459. The summed E-state index contributed by atoms with van der Waals surface area (Å²) in [5, 5.41) is 0. The molecular formula is C16H19Cl3O3. The van der Waals surface area contributed by atoms with Crippen LogP contribution in [0, 0.1) is 0 Å². The smallest absolute Gasteiger partial charge is 0.427 e. The molecule has 0 aliphatic carbocycles. The number of carbonyl (C=O) groups excluding carboxylic acids is 1. The summed E-state index contributed by atoms with van der Waals surface area (Å²) in [6, 6.07) is 9.72. The lowest BCUT2D eigenvalue weighted by molar-refractivity contribution is -0.0237. The van der Waals surface area contributed by atoms with Crippen molar-refractivity contribution in [3.05, 3.63) is 41.5 Å². The van der Waals surface area contributed by atoms with Crippen molar-refractivity contribution in [3.63, 3.8) is 0 Å². The molecule has 0 saturated heterocycles. The number of hydrogen-bond acceptors (Lipinski definition) is 3. The Bertz CT molecular complexity index is 533. The zero-order valence-corrected chi connectivity index (χ0v) is 15.2. The highest BCUT2D eigenvalue weighted by molar-refractivity contribution is 6.68. The van der Waals surface area contributed by atoms with E-state index < -0.39 is 21.7 Å². The number of ether oxygens (including phenoxy) is 2. The van der Waals surface area contributed by atoms with Crippen LogP contribution in [0.4, 0.5) is 4.79 Å². The van der Waals surface area contributed by atoms with Crippen molar-refractivity contribution in [2.75, 3.05) is 0 Å². The SMILES string of the molecule is C/C(=C\c1ccccc1)C(C)OC(=O)OC(C)(C)C(Cl)(Cl)Cl. The molecule has 1 aromatic carbocycles. The molecule has 1 unspecified atom stereocenters. The van der Waals surface area contributed by atoms with Gasteiger partial charge in [-0.1, -0.05) is 71.2 Å². The van der Waals surface area contributed by atoms with Gasteiger partial charge in [0.2, 0.25) is 3.79 Å². The number of rotatable bonds is 4.